The van der Waals surface area contributed by atoms with Crippen LogP contribution >= 0.6 is 0 Å². The number of hydrogen-bond donors (Lipinski definition) is 2. The fraction of sp³-hybridized carbons (Fsp3) is 0.533. The van der Waals surface area contributed by atoms with Gasteiger partial charge >= 0.3 is 0 Å². The molecule has 3 N–H and O–H groups in total. The standard InChI is InChI=1S/C15H25N3O2/c1-4-9-18(11-15(20)17(2)3)10-14(19)12-7-5-6-8-13(12)16/h5-8,14,19H,4,9-11,16H2,1-3H3. The maximum Gasteiger partial charge on any atom is 0.236 e. The third-order valence-corrected chi connectivity index (χ3v) is 3.18. The summed E-state index contributed by atoms with van der Waals surface area (Å²) in [6.07, 6.45) is 0.246. The molecule has 0 aliphatic rings. The second-order valence-corrected chi connectivity index (χ2v) is 5.17. The molecule has 0 aromatic heterocycles. The van der Waals surface area contributed by atoms with Crippen LogP contribution in [0.2, 0.25) is 0 Å². The van der Waals surface area contributed by atoms with Gasteiger partial charge in [0.25, 0.3) is 0 Å². The van der Waals surface area contributed by atoms with Crippen molar-refractivity contribution in [3.63, 3.8) is 0 Å². The van der Waals surface area contributed by atoms with Crippen molar-refractivity contribution in [2.45, 2.75) is 19.4 Å². The molecular formula is C15H25N3O2. The van der Waals surface area contributed by atoms with E-state index in [0.717, 1.165) is 13.0 Å². The molecule has 1 amide bonds. The van der Waals surface area contributed by atoms with Crippen molar-refractivity contribution in [2.24, 2.45) is 0 Å². The van der Waals surface area contributed by atoms with E-state index < -0.39 is 6.10 Å². The molecular weight excluding hydrogens is 254 g/mol. The lowest BCUT2D eigenvalue weighted by Gasteiger charge is -2.26. The van der Waals surface area contributed by atoms with Gasteiger partial charge in [-0.2, -0.15) is 0 Å². The number of para-hydroxylation sites is 1. The number of aliphatic hydroxyl groups is 1. The maximum absolute atomic E-state index is 11.8. The van der Waals surface area contributed by atoms with Crippen LogP contribution in [-0.4, -0.2) is 54.5 Å². The van der Waals surface area contributed by atoms with Crippen LogP contribution in [0.3, 0.4) is 0 Å². The Hall–Kier alpha value is -1.59. The number of carbonyl (C=O) groups excluding carboxylic acids is 1. The van der Waals surface area contributed by atoms with Crippen molar-refractivity contribution in [1.82, 2.24) is 9.80 Å². The highest BCUT2D eigenvalue weighted by Crippen LogP contribution is 2.20. The van der Waals surface area contributed by atoms with Crippen molar-refractivity contribution in [3.05, 3.63) is 29.8 Å². The number of aliphatic hydroxyl groups excluding tert-OH is 1. The quantitative estimate of drug-likeness (QED) is 0.733. The summed E-state index contributed by atoms with van der Waals surface area (Å²) in [4.78, 5) is 15.3. The molecule has 0 aliphatic heterocycles. The smallest absolute Gasteiger partial charge is 0.236 e. The molecule has 0 fully saturated rings. The van der Waals surface area contributed by atoms with Gasteiger partial charge in [0, 0.05) is 31.9 Å². The van der Waals surface area contributed by atoms with Crippen molar-refractivity contribution in [3.8, 4) is 0 Å². The zero-order valence-corrected chi connectivity index (χ0v) is 12.5. The summed E-state index contributed by atoms with van der Waals surface area (Å²) in [5.41, 5.74) is 7.16. The number of nitrogen functional groups attached to an aromatic ring is 1. The first kappa shape index (κ1) is 16.5. The van der Waals surface area contributed by atoms with Gasteiger partial charge in [-0.05, 0) is 19.0 Å². The third-order valence-electron chi connectivity index (χ3n) is 3.18. The topological polar surface area (TPSA) is 69.8 Å². The number of carbonyl (C=O) groups is 1. The summed E-state index contributed by atoms with van der Waals surface area (Å²) in [7, 11) is 3.47. The molecule has 1 atom stereocenters. The summed E-state index contributed by atoms with van der Waals surface area (Å²) in [6, 6.07) is 7.28. The van der Waals surface area contributed by atoms with Crippen molar-refractivity contribution in [2.75, 3.05) is 39.5 Å². The second-order valence-electron chi connectivity index (χ2n) is 5.17. The van der Waals surface area contributed by atoms with E-state index in [-0.39, 0.29) is 5.91 Å². The van der Waals surface area contributed by atoms with Crippen LogP contribution in [0.5, 0.6) is 0 Å². The number of benzene rings is 1. The summed E-state index contributed by atoms with van der Waals surface area (Å²) in [5, 5.41) is 10.3. The van der Waals surface area contributed by atoms with E-state index in [1.165, 1.54) is 0 Å². The van der Waals surface area contributed by atoms with E-state index in [9.17, 15) is 9.90 Å². The van der Waals surface area contributed by atoms with Crippen molar-refractivity contribution >= 4 is 11.6 Å². The molecule has 1 aromatic carbocycles. The van der Waals surface area contributed by atoms with Gasteiger partial charge in [-0.3, -0.25) is 9.69 Å². The first-order valence-electron chi connectivity index (χ1n) is 6.90. The molecule has 5 heteroatoms. The van der Waals surface area contributed by atoms with Gasteiger partial charge in [0.2, 0.25) is 5.91 Å². The monoisotopic (exact) mass is 279 g/mol. The Kier molecular flexibility index (Phi) is 6.48. The van der Waals surface area contributed by atoms with E-state index in [0.29, 0.717) is 24.3 Å². The lowest BCUT2D eigenvalue weighted by molar-refractivity contribution is -0.130. The molecule has 112 valence electrons. The second kappa shape index (κ2) is 7.87. The molecule has 1 rings (SSSR count). The van der Waals surface area contributed by atoms with Crippen LogP contribution in [0.4, 0.5) is 5.69 Å². The van der Waals surface area contributed by atoms with Crippen LogP contribution in [0.15, 0.2) is 24.3 Å². The van der Waals surface area contributed by atoms with E-state index in [2.05, 4.69) is 6.92 Å². The molecule has 20 heavy (non-hydrogen) atoms. The first-order chi connectivity index (χ1) is 9.45. The van der Waals surface area contributed by atoms with Crippen LogP contribution in [0.1, 0.15) is 25.0 Å². The highest BCUT2D eigenvalue weighted by molar-refractivity contribution is 5.77. The molecule has 1 unspecified atom stereocenters. The molecule has 0 saturated carbocycles. The van der Waals surface area contributed by atoms with Crippen molar-refractivity contribution in [1.29, 1.82) is 0 Å². The highest BCUT2D eigenvalue weighted by Gasteiger charge is 2.18. The Balaban J connectivity index is 2.70. The third kappa shape index (κ3) is 4.83. The lowest BCUT2D eigenvalue weighted by atomic mass is 10.1. The predicted molar refractivity (Wildman–Crippen MR) is 81.2 cm³/mol. The number of amides is 1. The normalized spacial score (nSPS) is 12.4. The molecule has 1 aromatic rings. The summed E-state index contributed by atoms with van der Waals surface area (Å²) in [6.45, 7) is 3.53. The van der Waals surface area contributed by atoms with Crippen LogP contribution in [-0.2, 0) is 4.79 Å². The Morgan fingerprint density at radius 1 is 1.35 bits per heavy atom. The molecule has 0 saturated heterocycles. The molecule has 0 aliphatic carbocycles. The zero-order chi connectivity index (χ0) is 15.1. The minimum atomic E-state index is -0.683. The number of hydrogen-bond acceptors (Lipinski definition) is 4. The van der Waals surface area contributed by atoms with Gasteiger partial charge in [-0.15, -0.1) is 0 Å². The van der Waals surface area contributed by atoms with E-state index in [1.54, 1.807) is 25.1 Å². The van der Waals surface area contributed by atoms with Crippen molar-refractivity contribution < 1.29 is 9.90 Å². The van der Waals surface area contributed by atoms with Crippen LogP contribution < -0.4 is 5.73 Å². The Morgan fingerprint density at radius 2 is 2.00 bits per heavy atom. The highest BCUT2D eigenvalue weighted by atomic mass is 16.3. The van der Waals surface area contributed by atoms with E-state index in [4.69, 9.17) is 5.73 Å². The number of likely N-dealkylation sites (N-methyl/N-ethyl adjacent to an activating group) is 1. The average molecular weight is 279 g/mol. The fourth-order valence-corrected chi connectivity index (χ4v) is 2.04. The molecule has 0 radical (unpaired) electrons. The maximum atomic E-state index is 11.8. The van der Waals surface area contributed by atoms with E-state index in [1.807, 2.05) is 23.1 Å². The van der Waals surface area contributed by atoms with Gasteiger partial charge < -0.3 is 15.7 Å². The van der Waals surface area contributed by atoms with E-state index >= 15 is 0 Å². The molecule has 0 bridgehead atoms. The first-order valence-corrected chi connectivity index (χ1v) is 6.90. The number of anilines is 1. The van der Waals surface area contributed by atoms with Gasteiger partial charge in [0.15, 0.2) is 0 Å². The number of rotatable bonds is 7. The SMILES string of the molecule is CCCN(CC(=O)N(C)C)CC(O)c1ccccc1N. The molecule has 5 nitrogen and oxygen atoms in total. The van der Waals surface area contributed by atoms with Crippen LogP contribution in [0, 0.1) is 0 Å². The van der Waals surface area contributed by atoms with Gasteiger partial charge in [-0.25, -0.2) is 0 Å². The lowest BCUT2D eigenvalue weighted by Crippen LogP contribution is -2.39. The summed E-state index contributed by atoms with van der Waals surface area (Å²) in [5.74, 6) is 0.0340. The Labute approximate surface area is 121 Å². The summed E-state index contributed by atoms with van der Waals surface area (Å²) >= 11 is 0. The molecule has 0 heterocycles. The minimum Gasteiger partial charge on any atom is -0.398 e. The summed E-state index contributed by atoms with van der Waals surface area (Å²) < 4.78 is 0. The van der Waals surface area contributed by atoms with Gasteiger partial charge in [-0.1, -0.05) is 25.1 Å². The predicted octanol–water partition coefficient (Wildman–Crippen LogP) is 1.10. The number of nitrogens with two attached hydrogens (primary N) is 1. The van der Waals surface area contributed by atoms with Gasteiger partial charge in [0.05, 0.1) is 12.6 Å². The fourth-order valence-electron chi connectivity index (χ4n) is 2.04. The minimum absolute atomic E-state index is 0.0340. The molecule has 0 spiro atoms. The average Bonchev–Trinajstić information content (AvgIpc) is 2.39. The number of nitrogens with zero attached hydrogens (tertiary/aromatic N) is 2. The largest absolute Gasteiger partial charge is 0.398 e. The Bertz CT molecular complexity index is 435. The van der Waals surface area contributed by atoms with Crippen LogP contribution in [0.25, 0.3) is 0 Å². The Morgan fingerprint density at radius 3 is 2.55 bits per heavy atom. The van der Waals surface area contributed by atoms with Gasteiger partial charge in [0.1, 0.15) is 0 Å². The zero-order valence-electron chi connectivity index (χ0n) is 12.5.